The molecule has 0 aliphatic heterocycles. The summed E-state index contributed by atoms with van der Waals surface area (Å²) in [6.07, 6.45) is -3.14. The monoisotopic (exact) mass is 355 g/mol. The Labute approximate surface area is 142 Å². The molecule has 0 saturated heterocycles. The molecule has 4 nitrogen and oxygen atoms in total. The van der Waals surface area contributed by atoms with E-state index in [4.69, 9.17) is 0 Å². The van der Waals surface area contributed by atoms with Gasteiger partial charge in [0.05, 0.1) is 12.0 Å². The molecule has 2 aromatic rings. The van der Waals surface area contributed by atoms with E-state index >= 15 is 0 Å². The van der Waals surface area contributed by atoms with E-state index in [0.29, 0.717) is 30.9 Å². The number of carbonyl (C=O) groups is 1. The van der Waals surface area contributed by atoms with Crippen LogP contribution in [0.2, 0.25) is 0 Å². The minimum Gasteiger partial charge on any atom is -0.370 e. The van der Waals surface area contributed by atoms with E-state index in [0.717, 1.165) is 12.3 Å². The molecule has 2 N–H and O–H groups in total. The molecule has 1 aromatic heterocycles. The molecule has 1 amide bonds. The van der Waals surface area contributed by atoms with Crippen molar-refractivity contribution >= 4 is 11.7 Å². The standard InChI is InChI=1S/C17H17F4N3O/c18-14-5-2-1-4-12(14)10-16(25)23-9-3-8-22-15-7-6-13(11-24-15)17(19,20)21/h1-2,4-7,11H,3,8-10H2,(H,22,24)(H,23,25). The smallest absolute Gasteiger partial charge is 0.370 e. The highest BCUT2D eigenvalue weighted by atomic mass is 19.4. The van der Waals surface area contributed by atoms with Gasteiger partial charge >= 0.3 is 6.18 Å². The maximum atomic E-state index is 13.4. The number of amides is 1. The van der Waals surface area contributed by atoms with Gasteiger partial charge in [0, 0.05) is 19.3 Å². The summed E-state index contributed by atoms with van der Waals surface area (Å²) in [6.45, 7) is 0.791. The zero-order valence-corrected chi connectivity index (χ0v) is 13.2. The summed E-state index contributed by atoms with van der Waals surface area (Å²) in [5, 5.41) is 5.52. The minimum atomic E-state index is -4.41. The highest BCUT2D eigenvalue weighted by molar-refractivity contribution is 5.78. The molecule has 0 bridgehead atoms. The Morgan fingerprint density at radius 2 is 1.84 bits per heavy atom. The highest BCUT2D eigenvalue weighted by Crippen LogP contribution is 2.28. The first-order valence-electron chi connectivity index (χ1n) is 7.63. The van der Waals surface area contributed by atoms with E-state index in [1.54, 1.807) is 18.2 Å². The van der Waals surface area contributed by atoms with E-state index in [2.05, 4.69) is 15.6 Å². The van der Waals surface area contributed by atoms with Crippen molar-refractivity contribution in [1.82, 2.24) is 10.3 Å². The van der Waals surface area contributed by atoms with Crippen molar-refractivity contribution in [3.63, 3.8) is 0 Å². The normalized spacial score (nSPS) is 11.2. The van der Waals surface area contributed by atoms with Crippen LogP contribution in [-0.2, 0) is 17.4 Å². The third kappa shape index (κ3) is 6.06. The molecule has 8 heteroatoms. The Bertz CT molecular complexity index is 702. The van der Waals surface area contributed by atoms with Gasteiger partial charge < -0.3 is 10.6 Å². The fraction of sp³-hybridized carbons (Fsp3) is 0.294. The number of nitrogens with one attached hydrogen (secondary N) is 2. The molecule has 0 aliphatic rings. The van der Waals surface area contributed by atoms with Crippen molar-refractivity contribution in [2.45, 2.75) is 19.0 Å². The molecule has 0 fully saturated rings. The lowest BCUT2D eigenvalue weighted by molar-refractivity contribution is -0.137. The lowest BCUT2D eigenvalue weighted by Gasteiger charge is -2.09. The minimum absolute atomic E-state index is 0.0411. The van der Waals surface area contributed by atoms with E-state index < -0.39 is 17.6 Å². The van der Waals surface area contributed by atoms with E-state index in [1.807, 2.05) is 0 Å². The Morgan fingerprint density at radius 3 is 2.48 bits per heavy atom. The number of anilines is 1. The van der Waals surface area contributed by atoms with Gasteiger partial charge in [-0.15, -0.1) is 0 Å². The molecule has 2 rings (SSSR count). The van der Waals surface area contributed by atoms with Gasteiger partial charge in [-0.2, -0.15) is 13.2 Å². The van der Waals surface area contributed by atoms with Crippen LogP contribution in [0.4, 0.5) is 23.4 Å². The molecule has 0 atom stereocenters. The number of hydrogen-bond acceptors (Lipinski definition) is 3. The SMILES string of the molecule is O=C(Cc1ccccc1F)NCCCNc1ccc(C(F)(F)F)cn1. The van der Waals surface area contributed by atoms with Crippen molar-refractivity contribution in [2.24, 2.45) is 0 Å². The Morgan fingerprint density at radius 1 is 1.08 bits per heavy atom. The van der Waals surface area contributed by atoms with E-state index in [1.165, 1.54) is 12.1 Å². The Hall–Kier alpha value is -2.64. The fourth-order valence-electron chi connectivity index (χ4n) is 2.08. The van der Waals surface area contributed by atoms with Crippen molar-refractivity contribution in [1.29, 1.82) is 0 Å². The van der Waals surface area contributed by atoms with Crippen molar-refractivity contribution < 1.29 is 22.4 Å². The largest absolute Gasteiger partial charge is 0.417 e. The number of hydrogen-bond donors (Lipinski definition) is 2. The van der Waals surface area contributed by atoms with Crippen molar-refractivity contribution in [3.8, 4) is 0 Å². The molecule has 0 saturated carbocycles. The lowest BCUT2D eigenvalue weighted by Crippen LogP contribution is -2.27. The highest BCUT2D eigenvalue weighted by Gasteiger charge is 2.30. The molecule has 0 spiro atoms. The number of carbonyl (C=O) groups excluding carboxylic acids is 1. The molecule has 25 heavy (non-hydrogen) atoms. The van der Waals surface area contributed by atoms with Gasteiger partial charge in [0.1, 0.15) is 11.6 Å². The Kier molecular flexibility index (Phi) is 6.32. The molecular weight excluding hydrogens is 338 g/mol. The van der Waals surface area contributed by atoms with Crippen molar-refractivity contribution in [3.05, 3.63) is 59.5 Å². The summed E-state index contributed by atoms with van der Waals surface area (Å²) in [5.74, 6) is -0.392. The van der Waals surface area contributed by atoms with Gasteiger partial charge in [-0.3, -0.25) is 4.79 Å². The van der Waals surface area contributed by atoms with Crippen LogP contribution in [-0.4, -0.2) is 24.0 Å². The van der Waals surface area contributed by atoms with Crippen molar-refractivity contribution in [2.75, 3.05) is 18.4 Å². The number of aromatic nitrogens is 1. The summed E-state index contributed by atoms with van der Waals surface area (Å²) < 4.78 is 50.6. The average Bonchev–Trinajstić information content (AvgIpc) is 2.56. The molecule has 1 heterocycles. The summed E-state index contributed by atoms with van der Waals surface area (Å²) in [4.78, 5) is 15.4. The number of nitrogens with zero attached hydrogens (tertiary/aromatic N) is 1. The van der Waals surface area contributed by atoms with Crippen LogP contribution in [0.15, 0.2) is 42.6 Å². The first kappa shape index (κ1) is 18.7. The summed E-state index contributed by atoms with van der Waals surface area (Å²) in [6, 6.07) is 8.26. The van der Waals surface area contributed by atoms with Crippen LogP contribution in [0.1, 0.15) is 17.5 Å². The van der Waals surface area contributed by atoms with Crippen LogP contribution in [0.3, 0.4) is 0 Å². The number of alkyl halides is 3. The molecule has 1 aromatic carbocycles. The molecular formula is C17H17F4N3O. The van der Waals surface area contributed by atoms with E-state index in [9.17, 15) is 22.4 Å². The summed E-state index contributed by atoms with van der Waals surface area (Å²) >= 11 is 0. The van der Waals surface area contributed by atoms with Crippen LogP contribution in [0, 0.1) is 5.82 Å². The van der Waals surface area contributed by atoms with Crippen LogP contribution in [0.25, 0.3) is 0 Å². The number of benzene rings is 1. The molecule has 0 radical (unpaired) electrons. The summed E-state index contributed by atoms with van der Waals surface area (Å²) in [7, 11) is 0. The average molecular weight is 355 g/mol. The van der Waals surface area contributed by atoms with Gasteiger partial charge in [-0.25, -0.2) is 9.37 Å². The first-order valence-corrected chi connectivity index (χ1v) is 7.63. The van der Waals surface area contributed by atoms with Gasteiger partial charge in [-0.1, -0.05) is 18.2 Å². The zero-order chi connectivity index (χ0) is 18.3. The van der Waals surface area contributed by atoms with Gasteiger partial charge in [0.2, 0.25) is 5.91 Å². The predicted octanol–water partition coefficient (Wildman–Crippen LogP) is 3.40. The van der Waals surface area contributed by atoms with Crippen LogP contribution in [0.5, 0.6) is 0 Å². The topological polar surface area (TPSA) is 54.0 Å². The second-order valence-corrected chi connectivity index (χ2v) is 5.33. The second-order valence-electron chi connectivity index (χ2n) is 5.33. The third-order valence-electron chi connectivity index (χ3n) is 3.38. The number of rotatable bonds is 7. The van der Waals surface area contributed by atoms with Crippen LogP contribution >= 0.6 is 0 Å². The van der Waals surface area contributed by atoms with Gasteiger partial charge in [0.15, 0.2) is 0 Å². The maximum Gasteiger partial charge on any atom is 0.417 e. The third-order valence-corrected chi connectivity index (χ3v) is 3.38. The quantitative estimate of drug-likeness (QED) is 0.591. The number of halogens is 4. The van der Waals surface area contributed by atoms with Gasteiger partial charge in [-0.05, 0) is 30.2 Å². The van der Waals surface area contributed by atoms with Crippen LogP contribution < -0.4 is 10.6 Å². The van der Waals surface area contributed by atoms with Gasteiger partial charge in [0.25, 0.3) is 0 Å². The summed E-state index contributed by atoms with van der Waals surface area (Å²) in [5.41, 5.74) is -0.481. The van der Waals surface area contributed by atoms with E-state index in [-0.39, 0.29) is 12.3 Å². The Balaban J connectivity index is 1.66. The molecule has 134 valence electrons. The molecule has 0 unspecified atom stereocenters. The first-order chi connectivity index (χ1) is 11.9. The predicted molar refractivity (Wildman–Crippen MR) is 85.5 cm³/mol. The molecule has 0 aliphatic carbocycles. The maximum absolute atomic E-state index is 13.4. The lowest BCUT2D eigenvalue weighted by atomic mass is 10.1. The second kappa shape index (κ2) is 8.46. The fourth-order valence-corrected chi connectivity index (χ4v) is 2.08. The number of pyridine rings is 1. The zero-order valence-electron chi connectivity index (χ0n) is 13.2.